The molecule has 0 bridgehead atoms. The molecule has 0 amide bonds. The SMILES string of the molecule is O=C(O)c1ccc(N2CCC3(O)CCCCC3C2)cn1. The van der Waals surface area contributed by atoms with Crippen molar-refractivity contribution in [1.82, 2.24) is 4.98 Å². The molecule has 1 aliphatic heterocycles. The van der Waals surface area contributed by atoms with Crippen LogP contribution in [0.2, 0.25) is 0 Å². The van der Waals surface area contributed by atoms with Gasteiger partial charge in [0.25, 0.3) is 0 Å². The Kier molecular flexibility index (Phi) is 3.38. The van der Waals surface area contributed by atoms with Crippen LogP contribution in [0.15, 0.2) is 18.3 Å². The Labute approximate surface area is 118 Å². The minimum atomic E-state index is -1.00. The van der Waals surface area contributed by atoms with Crippen molar-refractivity contribution in [2.75, 3.05) is 18.0 Å². The van der Waals surface area contributed by atoms with Crippen LogP contribution in [0.5, 0.6) is 0 Å². The monoisotopic (exact) mass is 276 g/mol. The summed E-state index contributed by atoms with van der Waals surface area (Å²) >= 11 is 0. The van der Waals surface area contributed by atoms with Crippen molar-refractivity contribution >= 4 is 11.7 Å². The van der Waals surface area contributed by atoms with Crippen LogP contribution < -0.4 is 4.90 Å². The highest BCUT2D eigenvalue weighted by Gasteiger charge is 2.42. The van der Waals surface area contributed by atoms with Crippen molar-refractivity contribution in [2.45, 2.75) is 37.7 Å². The van der Waals surface area contributed by atoms with Gasteiger partial charge in [-0.05, 0) is 31.4 Å². The second kappa shape index (κ2) is 5.05. The van der Waals surface area contributed by atoms with Gasteiger partial charge in [0, 0.05) is 19.0 Å². The molecule has 2 N–H and O–H groups in total. The molecule has 1 aromatic rings. The second-order valence-electron chi connectivity index (χ2n) is 5.95. The van der Waals surface area contributed by atoms with E-state index in [1.165, 1.54) is 6.42 Å². The zero-order chi connectivity index (χ0) is 14.2. The third-order valence-electron chi connectivity index (χ3n) is 4.76. The van der Waals surface area contributed by atoms with E-state index in [4.69, 9.17) is 5.11 Å². The number of carboxylic acid groups (broad SMARTS) is 1. The molecule has 3 rings (SSSR count). The van der Waals surface area contributed by atoms with E-state index in [9.17, 15) is 9.90 Å². The maximum Gasteiger partial charge on any atom is 0.354 e. The van der Waals surface area contributed by atoms with Gasteiger partial charge in [0.15, 0.2) is 0 Å². The lowest BCUT2D eigenvalue weighted by atomic mass is 9.71. The summed E-state index contributed by atoms with van der Waals surface area (Å²) in [5.41, 5.74) is 0.533. The Morgan fingerprint density at radius 1 is 1.35 bits per heavy atom. The van der Waals surface area contributed by atoms with Crippen LogP contribution in [-0.2, 0) is 0 Å². The van der Waals surface area contributed by atoms with Gasteiger partial charge in [-0.3, -0.25) is 0 Å². The average molecular weight is 276 g/mol. The lowest BCUT2D eigenvalue weighted by molar-refractivity contribution is -0.0612. The summed E-state index contributed by atoms with van der Waals surface area (Å²) in [5.74, 6) is -0.680. The third kappa shape index (κ3) is 2.38. The fourth-order valence-corrected chi connectivity index (χ4v) is 3.51. The lowest BCUT2D eigenvalue weighted by Gasteiger charge is -2.48. The molecule has 5 nitrogen and oxygen atoms in total. The van der Waals surface area contributed by atoms with E-state index < -0.39 is 11.6 Å². The Bertz CT molecular complexity index is 502. The predicted octanol–water partition coefficient (Wildman–Crippen LogP) is 1.91. The minimum absolute atomic E-state index is 0.0694. The van der Waals surface area contributed by atoms with E-state index in [0.29, 0.717) is 5.92 Å². The highest BCUT2D eigenvalue weighted by atomic mass is 16.4. The zero-order valence-corrected chi connectivity index (χ0v) is 11.5. The fourth-order valence-electron chi connectivity index (χ4n) is 3.51. The molecule has 2 heterocycles. The van der Waals surface area contributed by atoms with Gasteiger partial charge < -0.3 is 15.1 Å². The van der Waals surface area contributed by atoms with E-state index in [0.717, 1.165) is 44.5 Å². The maximum absolute atomic E-state index is 10.8. The number of aromatic carboxylic acids is 1. The first kappa shape index (κ1) is 13.4. The first-order chi connectivity index (χ1) is 9.58. The second-order valence-corrected chi connectivity index (χ2v) is 5.95. The molecule has 2 unspecified atom stereocenters. The van der Waals surface area contributed by atoms with Gasteiger partial charge in [0.1, 0.15) is 5.69 Å². The summed E-state index contributed by atoms with van der Waals surface area (Å²) < 4.78 is 0. The lowest BCUT2D eigenvalue weighted by Crippen LogP contribution is -2.53. The molecule has 1 aliphatic carbocycles. The molecule has 20 heavy (non-hydrogen) atoms. The average Bonchev–Trinajstić information content (AvgIpc) is 2.46. The largest absolute Gasteiger partial charge is 0.477 e. The summed E-state index contributed by atoms with van der Waals surface area (Å²) in [5, 5.41) is 19.5. The van der Waals surface area contributed by atoms with Crippen LogP contribution in [-0.4, -0.2) is 39.9 Å². The fraction of sp³-hybridized carbons (Fsp3) is 0.600. The molecule has 1 aromatic heterocycles. The Morgan fingerprint density at radius 2 is 2.20 bits per heavy atom. The number of nitrogens with zero attached hydrogens (tertiary/aromatic N) is 2. The number of fused-ring (bicyclic) bond motifs is 1. The minimum Gasteiger partial charge on any atom is -0.477 e. The summed E-state index contributed by atoms with van der Waals surface area (Å²) in [6, 6.07) is 3.35. The summed E-state index contributed by atoms with van der Waals surface area (Å²) in [7, 11) is 0. The number of carbonyl (C=O) groups is 1. The van der Waals surface area contributed by atoms with Crippen LogP contribution in [0.25, 0.3) is 0 Å². The molecule has 2 fully saturated rings. The molecule has 1 saturated heterocycles. The van der Waals surface area contributed by atoms with Crippen molar-refractivity contribution in [3.8, 4) is 0 Å². The van der Waals surface area contributed by atoms with E-state index in [1.54, 1.807) is 12.3 Å². The van der Waals surface area contributed by atoms with Crippen molar-refractivity contribution in [2.24, 2.45) is 5.92 Å². The Hall–Kier alpha value is -1.62. The molecule has 0 spiro atoms. The topological polar surface area (TPSA) is 73.7 Å². The number of hydrogen-bond acceptors (Lipinski definition) is 4. The van der Waals surface area contributed by atoms with Crippen LogP contribution >= 0.6 is 0 Å². The van der Waals surface area contributed by atoms with Gasteiger partial charge in [0.2, 0.25) is 0 Å². The van der Waals surface area contributed by atoms with Crippen LogP contribution in [0.3, 0.4) is 0 Å². The number of pyridine rings is 1. The van der Waals surface area contributed by atoms with E-state index in [2.05, 4.69) is 9.88 Å². The van der Waals surface area contributed by atoms with Crippen LogP contribution in [0.4, 0.5) is 5.69 Å². The Balaban J connectivity index is 1.74. The molecule has 0 aromatic carbocycles. The van der Waals surface area contributed by atoms with Crippen molar-refractivity contribution in [3.05, 3.63) is 24.0 Å². The smallest absolute Gasteiger partial charge is 0.354 e. The molecule has 2 atom stereocenters. The van der Waals surface area contributed by atoms with Crippen molar-refractivity contribution in [1.29, 1.82) is 0 Å². The molecule has 108 valence electrons. The number of piperidine rings is 1. The Morgan fingerprint density at radius 3 is 2.90 bits per heavy atom. The molecule has 1 saturated carbocycles. The molecular weight excluding hydrogens is 256 g/mol. The molecule has 5 heteroatoms. The van der Waals surface area contributed by atoms with Gasteiger partial charge in [-0.2, -0.15) is 0 Å². The standard InChI is InChI=1S/C15H20N2O3/c18-14(19)13-5-4-12(9-16-13)17-8-7-15(20)6-2-1-3-11(15)10-17/h4-5,9,11,20H,1-3,6-8,10H2,(H,18,19). The van der Waals surface area contributed by atoms with E-state index in [-0.39, 0.29) is 5.69 Å². The summed E-state index contributed by atoms with van der Waals surface area (Å²) in [6.45, 7) is 1.64. The summed E-state index contributed by atoms with van der Waals surface area (Å²) in [4.78, 5) is 17.0. The van der Waals surface area contributed by atoms with Crippen molar-refractivity contribution < 1.29 is 15.0 Å². The van der Waals surface area contributed by atoms with Gasteiger partial charge in [-0.1, -0.05) is 12.8 Å². The normalized spacial score (nSPS) is 29.9. The maximum atomic E-state index is 10.8. The first-order valence-electron chi connectivity index (χ1n) is 7.25. The number of carboxylic acids is 1. The number of rotatable bonds is 2. The van der Waals surface area contributed by atoms with E-state index >= 15 is 0 Å². The van der Waals surface area contributed by atoms with Gasteiger partial charge in [-0.15, -0.1) is 0 Å². The van der Waals surface area contributed by atoms with Gasteiger partial charge in [0.05, 0.1) is 17.5 Å². The third-order valence-corrected chi connectivity index (χ3v) is 4.76. The number of aliphatic hydroxyl groups is 1. The molecular formula is C15H20N2O3. The first-order valence-corrected chi connectivity index (χ1v) is 7.25. The molecule has 2 aliphatic rings. The quantitative estimate of drug-likeness (QED) is 0.863. The zero-order valence-electron chi connectivity index (χ0n) is 11.5. The highest BCUT2D eigenvalue weighted by Crippen LogP contribution is 2.40. The highest BCUT2D eigenvalue weighted by molar-refractivity contribution is 5.85. The predicted molar refractivity (Wildman–Crippen MR) is 74.9 cm³/mol. The summed E-state index contributed by atoms with van der Waals surface area (Å²) in [6.07, 6.45) is 6.73. The van der Waals surface area contributed by atoms with Crippen molar-refractivity contribution in [3.63, 3.8) is 0 Å². The van der Waals surface area contributed by atoms with Crippen LogP contribution in [0, 0.1) is 5.92 Å². The van der Waals surface area contributed by atoms with Crippen LogP contribution in [0.1, 0.15) is 42.6 Å². The number of anilines is 1. The van der Waals surface area contributed by atoms with Gasteiger partial charge >= 0.3 is 5.97 Å². The number of hydrogen-bond donors (Lipinski definition) is 2. The van der Waals surface area contributed by atoms with E-state index in [1.807, 2.05) is 6.07 Å². The number of aromatic nitrogens is 1. The molecule has 0 radical (unpaired) electrons. The van der Waals surface area contributed by atoms with Gasteiger partial charge in [-0.25, -0.2) is 9.78 Å².